The summed E-state index contributed by atoms with van der Waals surface area (Å²) in [5, 5.41) is 13.0. The molecule has 6 nitrogen and oxygen atoms in total. The Morgan fingerprint density at radius 2 is 2.33 bits per heavy atom. The van der Waals surface area contributed by atoms with Crippen LogP contribution < -0.4 is 10.6 Å². The van der Waals surface area contributed by atoms with E-state index in [1.807, 2.05) is 13.8 Å². The van der Waals surface area contributed by atoms with Crippen LogP contribution in [0.1, 0.15) is 13.8 Å². The maximum atomic E-state index is 11.6. The Morgan fingerprint density at radius 3 is 2.93 bits per heavy atom. The predicted octanol–water partition coefficient (Wildman–Crippen LogP) is 0.0557. The van der Waals surface area contributed by atoms with Crippen LogP contribution in [-0.2, 0) is 4.79 Å². The van der Waals surface area contributed by atoms with E-state index in [9.17, 15) is 4.79 Å². The van der Waals surface area contributed by atoms with Crippen LogP contribution in [0.2, 0.25) is 0 Å². The number of aromatic nitrogens is 3. The summed E-state index contributed by atoms with van der Waals surface area (Å²) in [4.78, 5) is 15.4. The lowest BCUT2D eigenvalue weighted by molar-refractivity contribution is -0.119. The smallest absolute Gasteiger partial charge is 0.249 e. The van der Waals surface area contributed by atoms with Crippen molar-refractivity contribution in [3.63, 3.8) is 0 Å². The zero-order chi connectivity index (χ0) is 11.1. The number of nitrogens with one attached hydrogen (secondary N) is 2. The first-order chi connectivity index (χ1) is 7.24. The van der Waals surface area contributed by atoms with Gasteiger partial charge in [0, 0.05) is 12.5 Å². The van der Waals surface area contributed by atoms with Gasteiger partial charge < -0.3 is 5.32 Å². The number of hydrogen-bond acceptors (Lipinski definition) is 5. The summed E-state index contributed by atoms with van der Waals surface area (Å²) in [6.07, 6.45) is 2.94. The van der Waals surface area contributed by atoms with Gasteiger partial charge in [-0.1, -0.05) is 13.8 Å². The van der Waals surface area contributed by atoms with Crippen molar-refractivity contribution in [3.8, 4) is 0 Å². The summed E-state index contributed by atoms with van der Waals surface area (Å²) in [7, 11) is 0. The first-order valence-corrected chi connectivity index (χ1v) is 4.89. The lowest BCUT2D eigenvalue weighted by Crippen LogP contribution is -2.30. The fourth-order valence-electron chi connectivity index (χ4n) is 0.992. The molecule has 0 spiro atoms. The molecule has 0 radical (unpaired) electrons. The highest BCUT2D eigenvalue weighted by Crippen LogP contribution is 1.99. The molecule has 1 rings (SSSR count). The highest BCUT2D eigenvalue weighted by molar-refractivity contribution is 5.90. The van der Waals surface area contributed by atoms with E-state index in [-0.39, 0.29) is 17.8 Å². The van der Waals surface area contributed by atoms with Gasteiger partial charge in [-0.05, 0) is 6.54 Å². The van der Waals surface area contributed by atoms with Crippen LogP contribution in [0.5, 0.6) is 0 Å². The molecule has 1 amide bonds. The molecular formula is C9H15N5O. The number of carbonyl (C=O) groups excluding carboxylic acids is 1. The van der Waals surface area contributed by atoms with Crippen molar-refractivity contribution in [1.82, 2.24) is 20.5 Å². The molecule has 0 aliphatic heterocycles. The molecule has 1 heterocycles. The minimum absolute atomic E-state index is 0.107. The summed E-state index contributed by atoms with van der Waals surface area (Å²) in [6, 6.07) is 0. The van der Waals surface area contributed by atoms with Gasteiger partial charge in [0.25, 0.3) is 0 Å². The van der Waals surface area contributed by atoms with Crippen LogP contribution in [0.3, 0.4) is 0 Å². The standard InChI is InChI=1S/C9H15N5O/c1-3-10-6-7(2)8(15)13-9-11-4-5-12-14-9/h4-5,7,10H,3,6H2,1-2H3,(H,11,13,14,15). The van der Waals surface area contributed by atoms with Gasteiger partial charge in [0.2, 0.25) is 11.9 Å². The Labute approximate surface area is 88.5 Å². The first kappa shape index (κ1) is 11.5. The quantitative estimate of drug-likeness (QED) is 0.716. The third kappa shape index (κ3) is 3.99. The van der Waals surface area contributed by atoms with Gasteiger partial charge in [-0.2, -0.15) is 5.10 Å². The van der Waals surface area contributed by atoms with Gasteiger partial charge >= 0.3 is 0 Å². The lowest BCUT2D eigenvalue weighted by Gasteiger charge is -2.10. The molecular weight excluding hydrogens is 194 g/mol. The minimum Gasteiger partial charge on any atom is -0.316 e. The molecule has 1 unspecified atom stereocenters. The Kier molecular flexibility index (Phi) is 4.62. The Bertz CT molecular complexity index is 303. The van der Waals surface area contributed by atoms with Crippen molar-refractivity contribution < 1.29 is 4.79 Å². The monoisotopic (exact) mass is 209 g/mol. The summed E-state index contributed by atoms with van der Waals surface area (Å²) >= 11 is 0. The average Bonchev–Trinajstić information content (AvgIpc) is 2.27. The number of anilines is 1. The van der Waals surface area contributed by atoms with Crippen LogP contribution in [0.4, 0.5) is 5.95 Å². The highest BCUT2D eigenvalue weighted by Gasteiger charge is 2.13. The number of nitrogens with zero attached hydrogens (tertiary/aromatic N) is 3. The van der Waals surface area contributed by atoms with Gasteiger partial charge in [0.15, 0.2) is 0 Å². The molecule has 82 valence electrons. The topological polar surface area (TPSA) is 79.8 Å². The van der Waals surface area contributed by atoms with Crippen LogP contribution in [0.15, 0.2) is 12.4 Å². The molecule has 15 heavy (non-hydrogen) atoms. The van der Waals surface area contributed by atoms with Crippen LogP contribution >= 0.6 is 0 Å². The van der Waals surface area contributed by atoms with E-state index in [2.05, 4.69) is 25.8 Å². The Hall–Kier alpha value is -1.56. The summed E-state index contributed by atoms with van der Waals surface area (Å²) in [6.45, 7) is 5.33. The molecule has 1 aromatic rings. The summed E-state index contributed by atoms with van der Waals surface area (Å²) in [5.74, 6) is 0.0172. The Balaban J connectivity index is 2.42. The molecule has 6 heteroatoms. The number of hydrogen-bond donors (Lipinski definition) is 2. The van der Waals surface area contributed by atoms with Crippen molar-refractivity contribution in [1.29, 1.82) is 0 Å². The molecule has 2 N–H and O–H groups in total. The fraction of sp³-hybridized carbons (Fsp3) is 0.556. The molecule has 0 aliphatic carbocycles. The second-order valence-corrected chi connectivity index (χ2v) is 3.16. The molecule has 0 aromatic carbocycles. The van der Waals surface area contributed by atoms with Crippen LogP contribution in [0.25, 0.3) is 0 Å². The molecule has 1 atom stereocenters. The molecule has 0 saturated heterocycles. The third-order valence-corrected chi connectivity index (χ3v) is 1.87. The first-order valence-electron chi connectivity index (χ1n) is 4.89. The second-order valence-electron chi connectivity index (χ2n) is 3.16. The van der Waals surface area contributed by atoms with E-state index >= 15 is 0 Å². The van der Waals surface area contributed by atoms with E-state index in [1.54, 1.807) is 0 Å². The number of rotatable bonds is 5. The van der Waals surface area contributed by atoms with Crippen molar-refractivity contribution in [2.45, 2.75) is 13.8 Å². The van der Waals surface area contributed by atoms with Crippen LogP contribution in [0, 0.1) is 5.92 Å². The molecule has 0 fully saturated rings. The van der Waals surface area contributed by atoms with Crippen molar-refractivity contribution in [3.05, 3.63) is 12.4 Å². The molecule has 0 saturated carbocycles. The normalized spacial score (nSPS) is 12.1. The van der Waals surface area contributed by atoms with E-state index in [4.69, 9.17) is 0 Å². The number of amides is 1. The largest absolute Gasteiger partial charge is 0.316 e. The fourth-order valence-corrected chi connectivity index (χ4v) is 0.992. The molecule has 1 aromatic heterocycles. The predicted molar refractivity (Wildman–Crippen MR) is 56.2 cm³/mol. The number of carbonyl (C=O) groups is 1. The van der Waals surface area contributed by atoms with E-state index in [0.29, 0.717) is 6.54 Å². The van der Waals surface area contributed by atoms with Crippen molar-refractivity contribution >= 4 is 11.9 Å². The summed E-state index contributed by atoms with van der Waals surface area (Å²) < 4.78 is 0. The van der Waals surface area contributed by atoms with Crippen LogP contribution in [-0.4, -0.2) is 34.2 Å². The average molecular weight is 209 g/mol. The van der Waals surface area contributed by atoms with Gasteiger partial charge in [-0.15, -0.1) is 5.10 Å². The van der Waals surface area contributed by atoms with Gasteiger partial charge in [0.05, 0.1) is 12.4 Å². The molecule has 0 bridgehead atoms. The maximum Gasteiger partial charge on any atom is 0.249 e. The van der Waals surface area contributed by atoms with Gasteiger partial charge in [-0.3, -0.25) is 10.1 Å². The maximum absolute atomic E-state index is 11.6. The minimum atomic E-state index is -0.117. The summed E-state index contributed by atoms with van der Waals surface area (Å²) in [5.41, 5.74) is 0. The molecule has 0 aliphatic rings. The van der Waals surface area contributed by atoms with E-state index in [0.717, 1.165) is 6.54 Å². The van der Waals surface area contributed by atoms with E-state index in [1.165, 1.54) is 12.4 Å². The SMILES string of the molecule is CCNCC(C)C(=O)Nc1nccnn1. The zero-order valence-corrected chi connectivity index (χ0v) is 8.90. The Morgan fingerprint density at radius 1 is 1.53 bits per heavy atom. The lowest BCUT2D eigenvalue weighted by atomic mass is 10.1. The highest BCUT2D eigenvalue weighted by atomic mass is 16.2. The van der Waals surface area contributed by atoms with E-state index < -0.39 is 0 Å². The van der Waals surface area contributed by atoms with Crippen molar-refractivity contribution in [2.24, 2.45) is 5.92 Å². The third-order valence-electron chi connectivity index (χ3n) is 1.87. The van der Waals surface area contributed by atoms with Gasteiger partial charge in [-0.25, -0.2) is 4.98 Å². The second kappa shape index (κ2) is 6.02. The van der Waals surface area contributed by atoms with Gasteiger partial charge in [0.1, 0.15) is 0 Å². The van der Waals surface area contributed by atoms with Crippen molar-refractivity contribution in [2.75, 3.05) is 18.4 Å². The zero-order valence-electron chi connectivity index (χ0n) is 8.90.